The van der Waals surface area contributed by atoms with Crippen LogP contribution in [-0.4, -0.2) is 21.0 Å². The molecule has 0 saturated heterocycles. The van der Waals surface area contributed by atoms with Crippen molar-refractivity contribution in [2.24, 2.45) is 0 Å². The number of rotatable bonds is 4. The average molecular weight is 183 g/mol. The van der Waals surface area contributed by atoms with E-state index in [1.54, 1.807) is 32.4 Å². The van der Waals surface area contributed by atoms with Crippen LogP contribution in [0.3, 0.4) is 0 Å². The quantitative estimate of drug-likeness (QED) is 0.564. The molecule has 4 nitrogen and oxygen atoms in total. The standard InChI is InChI=1S/C9H13NO3/c1-11-6-13-7-3-4-9(12-2)8(10)5-7/h3-5H,6,10H2,1-2H3. The van der Waals surface area contributed by atoms with Crippen LogP contribution in [0.5, 0.6) is 11.5 Å². The average Bonchev–Trinajstić information content (AvgIpc) is 2.15. The molecule has 0 radical (unpaired) electrons. The molecular weight excluding hydrogens is 170 g/mol. The predicted octanol–water partition coefficient (Wildman–Crippen LogP) is 1.26. The van der Waals surface area contributed by atoms with E-state index in [-0.39, 0.29) is 6.79 Å². The maximum absolute atomic E-state index is 5.66. The van der Waals surface area contributed by atoms with E-state index in [1.165, 1.54) is 0 Å². The van der Waals surface area contributed by atoms with Gasteiger partial charge < -0.3 is 19.9 Å². The molecule has 0 atom stereocenters. The fraction of sp³-hybridized carbons (Fsp3) is 0.333. The molecule has 0 saturated carbocycles. The second kappa shape index (κ2) is 4.57. The van der Waals surface area contributed by atoms with Gasteiger partial charge >= 0.3 is 0 Å². The van der Waals surface area contributed by atoms with E-state index >= 15 is 0 Å². The van der Waals surface area contributed by atoms with E-state index in [1.807, 2.05) is 0 Å². The first-order valence-electron chi connectivity index (χ1n) is 3.83. The summed E-state index contributed by atoms with van der Waals surface area (Å²) < 4.78 is 14.9. The highest BCUT2D eigenvalue weighted by Crippen LogP contribution is 2.25. The molecule has 1 aromatic carbocycles. The monoisotopic (exact) mass is 183 g/mol. The third-order valence-electron chi connectivity index (χ3n) is 1.54. The molecule has 0 amide bonds. The van der Waals surface area contributed by atoms with E-state index in [0.717, 1.165) is 0 Å². The Balaban J connectivity index is 2.71. The minimum Gasteiger partial charge on any atom is -0.495 e. The van der Waals surface area contributed by atoms with Crippen molar-refractivity contribution in [1.29, 1.82) is 0 Å². The van der Waals surface area contributed by atoms with Gasteiger partial charge in [-0.25, -0.2) is 0 Å². The van der Waals surface area contributed by atoms with Gasteiger partial charge in [0.25, 0.3) is 0 Å². The number of anilines is 1. The van der Waals surface area contributed by atoms with Crippen molar-refractivity contribution < 1.29 is 14.2 Å². The first-order chi connectivity index (χ1) is 6.27. The Labute approximate surface area is 77.2 Å². The van der Waals surface area contributed by atoms with Crippen LogP contribution in [0, 0.1) is 0 Å². The van der Waals surface area contributed by atoms with E-state index in [0.29, 0.717) is 17.2 Å². The Hall–Kier alpha value is -1.42. The van der Waals surface area contributed by atoms with Crippen LogP contribution in [0.1, 0.15) is 0 Å². The summed E-state index contributed by atoms with van der Waals surface area (Å²) in [5.74, 6) is 1.31. The summed E-state index contributed by atoms with van der Waals surface area (Å²) in [6.45, 7) is 0.214. The Kier molecular flexibility index (Phi) is 3.40. The number of hydrogen-bond acceptors (Lipinski definition) is 4. The minimum atomic E-state index is 0.214. The summed E-state index contributed by atoms with van der Waals surface area (Å²) in [5, 5.41) is 0. The fourth-order valence-electron chi connectivity index (χ4n) is 0.929. The van der Waals surface area contributed by atoms with Crippen LogP contribution in [0.25, 0.3) is 0 Å². The lowest BCUT2D eigenvalue weighted by molar-refractivity contribution is 0.0511. The van der Waals surface area contributed by atoms with Crippen molar-refractivity contribution >= 4 is 5.69 Å². The number of nitrogen functional groups attached to an aromatic ring is 1. The number of methoxy groups -OCH3 is 2. The first kappa shape index (κ1) is 9.67. The zero-order chi connectivity index (χ0) is 9.68. The van der Waals surface area contributed by atoms with Crippen molar-refractivity contribution in [2.75, 3.05) is 26.7 Å². The van der Waals surface area contributed by atoms with Crippen molar-refractivity contribution in [3.05, 3.63) is 18.2 Å². The van der Waals surface area contributed by atoms with Gasteiger partial charge in [-0.2, -0.15) is 0 Å². The molecule has 2 N–H and O–H groups in total. The van der Waals surface area contributed by atoms with Crippen molar-refractivity contribution in [3.63, 3.8) is 0 Å². The zero-order valence-corrected chi connectivity index (χ0v) is 7.74. The normalized spacial score (nSPS) is 9.69. The summed E-state index contributed by atoms with van der Waals surface area (Å²) in [4.78, 5) is 0. The van der Waals surface area contributed by atoms with Crippen LogP contribution >= 0.6 is 0 Å². The van der Waals surface area contributed by atoms with Gasteiger partial charge in [-0.05, 0) is 12.1 Å². The Morgan fingerprint density at radius 2 is 2.08 bits per heavy atom. The highest BCUT2D eigenvalue weighted by atomic mass is 16.7. The fourth-order valence-corrected chi connectivity index (χ4v) is 0.929. The summed E-state index contributed by atoms with van der Waals surface area (Å²) in [6.07, 6.45) is 0. The van der Waals surface area contributed by atoms with Crippen molar-refractivity contribution in [3.8, 4) is 11.5 Å². The molecular formula is C9H13NO3. The Morgan fingerprint density at radius 3 is 2.62 bits per heavy atom. The highest BCUT2D eigenvalue weighted by molar-refractivity contribution is 5.55. The molecule has 1 rings (SSSR count). The molecule has 0 spiro atoms. The molecule has 72 valence electrons. The Morgan fingerprint density at radius 1 is 1.31 bits per heavy atom. The molecule has 0 unspecified atom stereocenters. The Bertz CT molecular complexity index is 276. The van der Waals surface area contributed by atoms with Gasteiger partial charge in [-0.3, -0.25) is 0 Å². The third kappa shape index (κ3) is 2.52. The molecule has 4 heteroatoms. The van der Waals surface area contributed by atoms with Gasteiger partial charge in [0, 0.05) is 13.2 Å². The van der Waals surface area contributed by atoms with Gasteiger partial charge in [0.05, 0.1) is 12.8 Å². The molecule has 0 aliphatic carbocycles. The SMILES string of the molecule is COCOc1ccc(OC)c(N)c1. The van der Waals surface area contributed by atoms with Crippen LogP contribution in [0.15, 0.2) is 18.2 Å². The summed E-state index contributed by atoms with van der Waals surface area (Å²) in [5.41, 5.74) is 6.21. The van der Waals surface area contributed by atoms with E-state index in [2.05, 4.69) is 0 Å². The van der Waals surface area contributed by atoms with E-state index in [4.69, 9.17) is 19.9 Å². The number of ether oxygens (including phenoxy) is 3. The van der Waals surface area contributed by atoms with Gasteiger partial charge in [0.1, 0.15) is 11.5 Å². The lowest BCUT2D eigenvalue weighted by Crippen LogP contribution is -2.00. The van der Waals surface area contributed by atoms with Gasteiger partial charge in [0.2, 0.25) is 0 Å². The molecule has 0 bridgehead atoms. The first-order valence-corrected chi connectivity index (χ1v) is 3.83. The number of nitrogens with two attached hydrogens (primary N) is 1. The van der Waals surface area contributed by atoms with Gasteiger partial charge in [-0.15, -0.1) is 0 Å². The second-order valence-corrected chi connectivity index (χ2v) is 2.45. The summed E-state index contributed by atoms with van der Waals surface area (Å²) >= 11 is 0. The molecule has 0 aliphatic rings. The zero-order valence-electron chi connectivity index (χ0n) is 7.74. The predicted molar refractivity (Wildman–Crippen MR) is 49.9 cm³/mol. The second-order valence-electron chi connectivity index (χ2n) is 2.45. The highest BCUT2D eigenvalue weighted by Gasteiger charge is 2.00. The molecule has 0 heterocycles. The van der Waals surface area contributed by atoms with Gasteiger partial charge in [0.15, 0.2) is 6.79 Å². The van der Waals surface area contributed by atoms with Crippen LogP contribution in [-0.2, 0) is 4.74 Å². The topological polar surface area (TPSA) is 53.7 Å². The smallest absolute Gasteiger partial charge is 0.188 e. The lowest BCUT2D eigenvalue weighted by atomic mass is 10.3. The molecule has 1 aromatic rings. The molecule has 0 fully saturated rings. The van der Waals surface area contributed by atoms with Crippen LogP contribution in [0.2, 0.25) is 0 Å². The molecule has 0 aromatic heterocycles. The summed E-state index contributed by atoms with van der Waals surface area (Å²) in [7, 11) is 3.13. The molecule has 13 heavy (non-hydrogen) atoms. The van der Waals surface area contributed by atoms with E-state index < -0.39 is 0 Å². The number of benzene rings is 1. The van der Waals surface area contributed by atoms with Crippen molar-refractivity contribution in [1.82, 2.24) is 0 Å². The maximum atomic E-state index is 5.66. The molecule has 0 aliphatic heterocycles. The van der Waals surface area contributed by atoms with Crippen molar-refractivity contribution in [2.45, 2.75) is 0 Å². The number of hydrogen-bond donors (Lipinski definition) is 1. The van der Waals surface area contributed by atoms with Gasteiger partial charge in [-0.1, -0.05) is 0 Å². The largest absolute Gasteiger partial charge is 0.495 e. The van der Waals surface area contributed by atoms with Crippen LogP contribution < -0.4 is 15.2 Å². The summed E-state index contributed by atoms with van der Waals surface area (Å²) in [6, 6.07) is 5.21. The third-order valence-corrected chi connectivity index (χ3v) is 1.54. The minimum absolute atomic E-state index is 0.214. The van der Waals surface area contributed by atoms with E-state index in [9.17, 15) is 0 Å². The van der Waals surface area contributed by atoms with Crippen LogP contribution in [0.4, 0.5) is 5.69 Å². The maximum Gasteiger partial charge on any atom is 0.188 e. The lowest BCUT2D eigenvalue weighted by Gasteiger charge is -2.07.